The van der Waals surface area contributed by atoms with Crippen LogP contribution in [-0.2, 0) is 4.79 Å². The van der Waals surface area contributed by atoms with Gasteiger partial charge in [-0.3, -0.25) is 19.4 Å². The molecule has 4 rings (SSSR count). The molecule has 1 N–H and O–H groups in total. The lowest BCUT2D eigenvalue weighted by Gasteiger charge is -1.72. The zero-order valence-electron chi connectivity index (χ0n) is 9.45. The van der Waals surface area contributed by atoms with Crippen molar-refractivity contribution in [1.29, 1.82) is 0 Å². The fraction of sp³-hybridized carbons (Fsp3) is 0. The highest BCUT2D eigenvalue weighted by molar-refractivity contribution is 6.06. The van der Waals surface area contributed by atoms with Crippen molar-refractivity contribution in [2.75, 3.05) is 0 Å². The molecule has 3 aliphatic rings. The zero-order valence-corrected chi connectivity index (χ0v) is 9.45. The third-order valence-electron chi connectivity index (χ3n) is 2.56. The molecule has 1 aromatic heterocycles. The minimum absolute atomic E-state index is 0.170. The number of fused-ring (bicyclic) bond motifs is 2. The molecule has 0 atom stereocenters. The van der Waals surface area contributed by atoms with Crippen molar-refractivity contribution >= 4 is 12.0 Å². The van der Waals surface area contributed by atoms with Crippen LogP contribution < -0.4 is 21.7 Å². The van der Waals surface area contributed by atoms with Crippen LogP contribution in [0.4, 0.5) is 0 Å². The highest BCUT2D eigenvalue weighted by Crippen LogP contribution is 2.08. The van der Waals surface area contributed by atoms with Crippen LogP contribution in [0.2, 0.25) is 0 Å². The molecule has 7 heteroatoms. The van der Waals surface area contributed by atoms with Gasteiger partial charge in [-0.15, -0.1) is 0 Å². The number of nitrogens with zero attached hydrogens (tertiary/aromatic N) is 3. The number of nitrogens with one attached hydrogen (secondary N) is 1. The average Bonchev–Trinajstić information content (AvgIpc) is 3.06. The summed E-state index contributed by atoms with van der Waals surface area (Å²) >= 11 is 0. The Balaban J connectivity index is 0.000000117. The molecule has 1 amide bonds. The van der Waals surface area contributed by atoms with Gasteiger partial charge < -0.3 is 4.98 Å². The molecular weight excluding hydrogens is 248 g/mol. The lowest BCUT2D eigenvalue weighted by Crippen LogP contribution is -2.19. The average molecular weight is 254 g/mol. The van der Waals surface area contributed by atoms with E-state index in [0.717, 1.165) is 10.7 Å². The Morgan fingerprint density at radius 2 is 1.95 bits per heavy atom. The third-order valence-corrected chi connectivity index (χ3v) is 2.56. The maximum Gasteiger partial charge on any atom is 0.320 e. The Hall–Kier alpha value is -2.96. The smallest absolute Gasteiger partial charge is 0.320 e. The van der Waals surface area contributed by atoms with Crippen molar-refractivity contribution in [2.24, 2.45) is 4.99 Å². The molecular formula is C12H6N4O3. The number of hydrogen-bond acceptors (Lipinski definition) is 5. The molecule has 3 aliphatic heterocycles. The molecule has 0 saturated carbocycles. The fourth-order valence-corrected chi connectivity index (χ4v) is 1.72. The number of carbonyl (C=O) groups is 1. The van der Waals surface area contributed by atoms with Crippen LogP contribution in [0.5, 0.6) is 0 Å². The van der Waals surface area contributed by atoms with Crippen LogP contribution in [0.15, 0.2) is 39.1 Å². The van der Waals surface area contributed by atoms with Crippen molar-refractivity contribution in [3.05, 3.63) is 55.8 Å². The predicted octanol–water partition coefficient (Wildman–Crippen LogP) is -1.87. The number of H-pyrrole nitrogens is 1. The third kappa shape index (κ3) is 1.86. The van der Waals surface area contributed by atoms with Crippen LogP contribution in [0.1, 0.15) is 0 Å². The van der Waals surface area contributed by atoms with E-state index in [1.165, 1.54) is 18.3 Å². The maximum atomic E-state index is 10.8. The predicted molar refractivity (Wildman–Crippen MR) is 64.6 cm³/mol. The first-order chi connectivity index (χ1) is 9.15. The molecule has 1 aromatic rings. The second-order valence-electron chi connectivity index (χ2n) is 3.80. The molecule has 4 heterocycles. The summed E-state index contributed by atoms with van der Waals surface area (Å²) < 4.78 is 0. The lowest BCUT2D eigenvalue weighted by molar-refractivity contribution is -0.112. The van der Waals surface area contributed by atoms with Gasteiger partial charge in [-0.1, -0.05) is 0 Å². The van der Waals surface area contributed by atoms with Gasteiger partial charge in [0, 0.05) is 18.5 Å². The molecule has 0 spiro atoms. The van der Waals surface area contributed by atoms with Gasteiger partial charge in [-0.05, 0) is 12.1 Å². The lowest BCUT2D eigenvalue weighted by atomic mass is 10.4. The Labute approximate surface area is 105 Å². The Morgan fingerprint density at radius 3 is 2.68 bits per heavy atom. The van der Waals surface area contributed by atoms with Gasteiger partial charge in [0.15, 0.2) is 0 Å². The van der Waals surface area contributed by atoms with E-state index in [1.807, 2.05) is 0 Å². The Kier molecular flexibility index (Phi) is 2.38. The van der Waals surface area contributed by atoms with Gasteiger partial charge in [0.2, 0.25) is 0 Å². The topological polar surface area (TPSA) is 105 Å². The number of aromatic amines is 1. The molecule has 0 saturated heterocycles. The summed E-state index contributed by atoms with van der Waals surface area (Å²) in [6.07, 6.45) is 4.70. The SMILES string of the molecule is O=C1C=c2[nH]ccc2=N1.O=c1nc2ccnc-2c1=O. The van der Waals surface area contributed by atoms with Gasteiger partial charge in [0.1, 0.15) is 5.69 Å². The monoisotopic (exact) mass is 254 g/mol. The number of hydrogen-bond donors (Lipinski definition) is 1. The molecule has 0 bridgehead atoms. The second-order valence-corrected chi connectivity index (χ2v) is 3.80. The van der Waals surface area contributed by atoms with E-state index in [4.69, 9.17) is 0 Å². The molecule has 0 unspecified atom stereocenters. The van der Waals surface area contributed by atoms with Gasteiger partial charge >= 0.3 is 5.56 Å². The van der Waals surface area contributed by atoms with Gasteiger partial charge in [-0.2, -0.15) is 0 Å². The van der Waals surface area contributed by atoms with Crippen molar-refractivity contribution in [3.63, 3.8) is 0 Å². The van der Waals surface area contributed by atoms with Crippen LogP contribution in [0, 0.1) is 0 Å². The van der Waals surface area contributed by atoms with Crippen molar-refractivity contribution in [2.45, 2.75) is 0 Å². The summed E-state index contributed by atoms with van der Waals surface area (Å²) in [6, 6.07) is 3.31. The first kappa shape index (κ1) is 11.1. The molecule has 0 radical (unpaired) electrons. The van der Waals surface area contributed by atoms with Crippen LogP contribution in [0.3, 0.4) is 0 Å². The van der Waals surface area contributed by atoms with Crippen LogP contribution >= 0.6 is 0 Å². The fourth-order valence-electron chi connectivity index (χ4n) is 1.72. The van der Waals surface area contributed by atoms with E-state index in [-0.39, 0.29) is 11.6 Å². The van der Waals surface area contributed by atoms with E-state index in [9.17, 15) is 14.4 Å². The van der Waals surface area contributed by atoms with E-state index < -0.39 is 11.0 Å². The summed E-state index contributed by atoms with van der Waals surface area (Å²) in [7, 11) is 0. The Morgan fingerprint density at radius 1 is 1.11 bits per heavy atom. The van der Waals surface area contributed by atoms with E-state index in [1.54, 1.807) is 12.3 Å². The largest absolute Gasteiger partial charge is 0.360 e. The maximum absolute atomic E-state index is 10.8. The molecule has 7 nitrogen and oxygen atoms in total. The van der Waals surface area contributed by atoms with Gasteiger partial charge in [0.05, 0.1) is 16.4 Å². The highest BCUT2D eigenvalue weighted by Gasteiger charge is 2.14. The molecule has 0 fully saturated rings. The molecule has 92 valence electrons. The minimum atomic E-state index is -0.710. The van der Waals surface area contributed by atoms with Crippen LogP contribution in [-0.4, -0.2) is 20.9 Å². The van der Waals surface area contributed by atoms with Gasteiger partial charge in [0.25, 0.3) is 11.3 Å². The van der Waals surface area contributed by atoms with Crippen molar-refractivity contribution < 1.29 is 4.79 Å². The Bertz CT molecular complexity index is 898. The summed E-state index contributed by atoms with van der Waals surface area (Å²) in [4.78, 5) is 45.5. The quantitative estimate of drug-likeness (QED) is 0.473. The number of aromatic nitrogens is 3. The van der Waals surface area contributed by atoms with Gasteiger partial charge in [-0.25, -0.2) is 9.98 Å². The second kappa shape index (κ2) is 4.05. The molecule has 0 aliphatic carbocycles. The number of amides is 1. The zero-order chi connectivity index (χ0) is 13.4. The number of carbonyl (C=O) groups excluding carboxylic acids is 1. The first-order valence-electron chi connectivity index (χ1n) is 5.35. The summed E-state index contributed by atoms with van der Waals surface area (Å²) in [6.45, 7) is 0. The number of rotatable bonds is 0. The van der Waals surface area contributed by atoms with E-state index >= 15 is 0 Å². The van der Waals surface area contributed by atoms with Crippen molar-refractivity contribution in [3.8, 4) is 11.4 Å². The molecule has 0 aromatic carbocycles. The summed E-state index contributed by atoms with van der Waals surface area (Å²) in [5, 5.41) is 1.57. The first-order valence-corrected chi connectivity index (χ1v) is 5.35. The summed E-state index contributed by atoms with van der Waals surface area (Å²) in [5.74, 6) is -0.170. The van der Waals surface area contributed by atoms with Crippen molar-refractivity contribution in [1.82, 2.24) is 15.0 Å². The van der Waals surface area contributed by atoms with E-state index in [2.05, 4.69) is 19.9 Å². The minimum Gasteiger partial charge on any atom is -0.360 e. The summed E-state index contributed by atoms with van der Waals surface area (Å²) in [5.41, 5.74) is -0.724. The highest BCUT2D eigenvalue weighted by atomic mass is 16.2. The standard InChI is InChI=1S/C6H2N2O2.C6H4N2O/c9-5-4-3(1-2-7-4)8-6(5)10;9-6-3-5-4(8-6)1-2-7-5/h1-2H;1-3,7H. The normalized spacial score (nSPS) is 12.5. The van der Waals surface area contributed by atoms with E-state index in [0.29, 0.717) is 5.69 Å². The molecule has 19 heavy (non-hydrogen) atoms. The van der Waals surface area contributed by atoms with Crippen LogP contribution in [0.25, 0.3) is 17.5 Å².